The molecule has 2 rings (SSSR count). The van der Waals surface area contributed by atoms with E-state index in [0.29, 0.717) is 0 Å². The lowest BCUT2D eigenvalue weighted by Gasteiger charge is -2.04. The molecule has 102 valence electrons. The number of hydrogen-bond acceptors (Lipinski definition) is 3. The Kier molecular flexibility index (Phi) is 5.10. The van der Waals surface area contributed by atoms with Gasteiger partial charge in [-0.15, -0.1) is 5.10 Å². The van der Waals surface area contributed by atoms with E-state index in [1.165, 1.54) is 5.56 Å². The van der Waals surface area contributed by atoms with Gasteiger partial charge in [0.05, 0.1) is 17.9 Å². The van der Waals surface area contributed by atoms with Crippen molar-refractivity contribution in [3.8, 4) is 0 Å². The van der Waals surface area contributed by atoms with Gasteiger partial charge in [-0.25, -0.2) is 0 Å². The highest BCUT2D eigenvalue weighted by Gasteiger charge is 2.09. The average molecular weight is 258 g/mol. The Morgan fingerprint density at radius 3 is 2.79 bits per heavy atom. The van der Waals surface area contributed by atoms with E-state index in [0.717, 1.165) is 37.9 Å². The van der Waals surface area contributed by atoms with Crippen LogP contribution in [0.5, 0.6) is 0 Å². The molecule has 1 heterocycles. The van der Waals surface area contributed by atoms with Gasteiger partial charge in [0, 0.05) is 6.54 Å². The third-order valence-electron chi connectivity index (χ3n) is 3.23. The van der Waals surface area contributed by atoms with Crippen LogP contribution in [0.15, 0.2) is 36.5 Å². The van der Waals surface area contributed by atoms with Crippen LogP contribution in [0.1, 0.15) is 43.5 Å². The van der Waals surface area contributed by atoms with Gasteiger partial charge in [-0.1, -0.05) is 48.9 Å². The fraction of sp³-hybridized carbons (Fsp3) is 0.467. The van der Waals surface area contributed by atoms with E-state index >= 15 is 0 Å². The standard InChI is InChI=1S/C15H22N4/c1-2-7-14(16)15-12-19(18-17-15)11-6-10-13-8-4-3-5-9-13/h3-5,8-9,12,14H,2,6-7,10-11,16H2,1H3. The monoisotopic (exact) mass is 258 g/mol. The van der Waals surface area contributed by atoms with Crippen LogP contribution in [-0.4, -0.2) is 15.0 Å². The molecule has 0 fully saturated rings. The van der Waals surface area contributed by atoms with Gasteiger partial charge in [-0.05, 0) is 24.8 Å². The number of nitrogens with zero attached hydrogens (tertiary/aromatic N) is 3. The van der Waals surface area contributed by atoms with Crippen LogP contribution in [-0.2, 0) is 13.0 Å². The Morgan fingerprint density at radius 2 is 2.05 bits per heavy atom. The first-order chi connectivity index (χ1) is 9.29. The van der Waals surface area contributed by atoms with Gasteiger partial charge in [0.1, 0.15) is 0 Å². The lowest BCUT2D eigenvalue weighted by molar-refractivity contribution is 0.558. The summed E-state index contributed by atoms with van der Waals surface area (Å²) in [5, 5.41) is 8.29. The molecule has 0 amide bonds. The number of rotatable bonds is 7. The van der Waals surface area contributed by atoms with Gasteiger partial charge in [0.15, 0.2) is 0 Å². The average Bonchev–Trinajstić information content (AvgIpc) is 2.89. The second-order valence-corrected chi connectivity index (χ2v) is 4.89. The van der Waals surface area contributed by atoms with Crippen molar-refractivity contribution in [2.24, 2.45) is 5.73 Å². The molecular formula is C15H22N4. The molecule has 1 aromatic heterocycles. The molecule has 4 nitrogen and oxygen atoms in total. The van der Waals surface area contributed by atoms with Gasteiger partial charge >= 0.3 is 0 Å². The summed E-state index contributed by atoms with van der Waals surface area (Å²) in [4.78, 5) is 0. The first-order valence-electron chi connectivity index (χ1n) is 6.99. The number of hydrogen-bond donors (Lipinski definition) is 1. The molecule has 2 aromatic rings. The summed E-state index contributed by atoms with van der Waals surface area (Å²) in [6.45, 7) is 3.02. The Hall–Kier alpha value is -1.68. The van der Waals surface area contributed by atoms with Crippen LogP contribution in [0.2, 0.25) is 0 Å². The minimum Gasteiger partial charge on any atom is -0.323 e. The fourth-order valence-electron chi connectivity index (χ4n) is 2.14. The largest absolute Gasteiger partial charge is 0.323 e. The quantitative estimate of drug-likeness (QED) is 0.830. The molecule has 1 unspecified atom stereocenters. The van der Waals surface area contributed by atoms with Gasteiger partial charge in [-0.2, -0.15) is 0 Å². The van der Waals surface area contributed by atoms with E-state index in [2.05, 4.69) is 41.5 Å². The summed E-state index contributed by atoms with van der Waals surface area (Å²) < 4.78 is 1.90. The topological polar surface area (TPSA) is 56.7 Å². The molecule has 1 aromatic carbocycles. The van der Waals surface area contributed by atoms with Crippen molar-refractivity contribution < 1.29 is 0 Å². The van der Waals surface area contributed by atoms with E-state index in [-0.39, 0.29) is 6.04 Å². The van der Waals surface area contributed by atoms with Gasteiger partial charge in [0.25, 0.3) is 0 Å². The van der Waals surface area contributed by atoms with Crippen molar-refractivity contribution in [3.05, 3.63) is 47.8 Å². The normalized spacial score (nSPS) is 12.5. The summed E-state index contributed by atoms with van der Waals surface area (Å²) in [5.74, 6) is 0. The van der Waals surface area contributed by atoms with E-state index in [9.17, 15) is 0 Å². The lowest BCUT2D eigenvalue weighted by Crippen LogP contribution is -2.10. The highest BCUT2D eigenvalue weighted by Crippen LogP contribution is 2.12. The summed E-state index contributed by atoms with van der Waals surface area (Å²) in [6, 6.07) is 10.5. The number of nitrogens with two attached hydrogens (primary N) is 1. The first kappa shape index (κ1) is 13.7. The van der Waals surface area contributed by atoms with Crippen LogP contribution >= 0.6 is 0 Å². The van der Waals surface area contributed by atoms with Crippen molar-refractivity contribution in [2.75, 3.05) is 0 Å². The highest BCUT2D eigenvalue weighted by atomic mass is 15.4. The molecule has 0 aliphatic carbocycles. The highest BCUT2D eigenvalue weighted by molar-refractivity contribution is 5.14. The predicted molar refractivity (Wildman–Crippen MR) is 76.6 cm³/mol. The molecule has 0 bridgehead atoms. The second kappa shape index (κ2) is 7.04. The van der Waals surface area contributed by atoms with Crippen LogP contribution in [0.3, 0.4) is 0 Å². The Balaban J connectivity index is 1.80. The summed E-state index contributed by atoms with van der Waals surface area (Å²) in [5.41, 5.74) is 8.29. The molecule has 1 atom stereocenters. The molecule has 2 N–H and O–H groups in total. The van der Waals surface area contributed by atoms with Crippen molar-refractivity contribution in [1.29, 1.82) is 0 Å². The predicted octanol–water partition coefficient (Wildman–Crippen LogP) is 2.71. The van der Waals surface area contributed by atoms with Crippen LogP contribution in [0.25, 0.3) is 0 Å². The zero-order valence-corrected chi connectivity index (χ0v) is 11.5. The maximum absolute atomic E-state index is 6.02. The SMILES string of the molecule is CCCC(N)c1cn(CCCc2ccccc2)nn1. The molecule has 0 aliphatic heterocycles. The Bertz CT molecular complexity index is 478. The second-order valence-electron chi connectivity index (χ2n) is 4.89. The molecule has 0 spiro atoms. The van der Waals surface area contributed by atoms with Crippen molar-refractivity contribution >= 4 is 0 Å². The Morgan fingerprint density at radius 1 is 1.26 bits per heavy atom. The summed E-state index contributed by atoms with van der Waals surface area (Å²) in [6.07, 6.45) is 6.14. The molecule has 4 heteroatoms. The molecule has 0 saturated carbocycles. The zero-order chi connectivity index (χ0) is 13.5. The zero-order valence-electron chi connectivity index (χ0n) is 11.5. The van der Waals surface area contributed by atoms with Crippen LogP contribution < -0.4 is 5.73 Å². The van der Waals surface area contributed by atoms with E-state index < -0.39 is 0 Å². The minimum atomic E-state index is 0.0212. The van der Waals surface area contributed by atoms with Crippen molar-refractivity contribution in [2.45, 2.75) is 45.2 Å². The van der Waals surface area contributed by atoms with E-state index in [4.69, 9.17) is 5.73 Å². The summed E-state index contributed by atoms with van der Waals surface area (Å²) >= 11 is 0. The third-order valence-corrected chi connectivity index (χ3v) is 3.23. The first-order valence-corrected chi connectivity index (χ1v) is 6.99. The van der Waals surface area contributed by atoms with E-state index in [1.54, 1.807) is 0 Å². The molecule has 0 saturated heterocycles. The van der Waals surface area contributed by atoms with Gasteiger partial charge < -0.3 is 5.73 Å². The smallest absolute Gasteiger partial charge is 0.0994 e. The number of aryl methyl sites for hydroxylation is 2. The lowest BCUT2D eigenvalue weighted by atomic mass is 10.1. The molecule has 0 aliphatic rings. The fourth-order valence-corrected chi connectivity index (χ4v) is 2.14. The van der Waals surface area contributed by atoms with Gasteiger partial charge in [0.2, 0.25) is 0 Å². The molecular weight excluding hydrogens is 236 g/mol. The Labute approximate surface area is 114 Å². The maximum atomic E-state index is 6.02. The van der Waals surface area contributed by atoms with E-state index in [1.807, 2.05) is 16.9 Å². The molecule has 19 heavy (non-hydrogen) atoms. The number of benzene rings is 1. The van der Waals surface area contributed by atoms with Crippen molar-refractivity contribution in [1.82, 2.24) is 15.0 Å². The maximum Gasteiger partial charge on any atom is 0.0994 e. The molecule has 0 radical (unpaired) electrons. The summed E-state index contributed by atoms with van der Waals surface area (Å²) in [7, 11) is 0. The van der Waals surface area contributed by atoms with Crippen LogP contribution in [0, 0.1) is 0 Å². The number of aromatic nitrogens is 3. The van der Waals surface area contributed by atoms with Crippen molar-refractivity contribution in [3.63, 3.8) is 0 Å². The van der Waals surface area contributed by atoms with Crippen LogP contribution in [0.4, 0.5) is 0 Å². The minimum absolute atomic E-state index is 0.0212. The van der Waals surface area contributed by atoms with Gasteiger partial charge in [-0.3, -0.25) is 4.68 Å². The third kappa shape index (κ3) is 4.17.